The Balaban J connectivity index is 3.40. The summed E-state index contributed by atoms with van der Waals surface area (Å²) < 4.78 is 12.7. The molecule has 0 aromatic heterocycles. The normalized spacial score (nSPS) is 9.27. The van der Waals surface area contributed by atoms with E-state index in [0.717, 1.165) is 0 Å². The van der Waals surface area contributed by atoms with Crippen molar-refractivity contribution in [3.8, 4) is 6.07 Å². The van der Waals surface area contributed by atoms with Crippen LogP contribution in [0.25, 0.3) is 0 Å². The molecule has 0 bridgehead atoms. The average molecular weight is 167 g/mol. The van der Waals surface area contributed by atoms with Crippen LogP contribution in [0.1, 0.15) is 11.1 Å². The first-order valence-electron chi connectivity index (χ1n) is 3.05. The van der Waals surface area contributed by atoms with Crippen molar-refractivity contribution in [2.24, 2.45) is 0 Å². The fourth-order valence-electron chi connectivity index (χ4n) is 0.766. The lowest BCUT2D eigenvalue weighted by atomic mass is 10.1. The summed E-state index contributed by atoms with van der Waals surface area (Å²) in [6, 6.07) is 4.61. The van der Waals surface area contributed by atoms with Crippen molar-refractivity contribution >= 4 is 12.6 Å². The van der Waals surface area contributed by atoms with E-state index in [1.54, 1.807) is 6.92 Å². The van der Waals surface area contributed by atoms with Gasteiger partial charge in [-0.05, 0) is 24.6 Å². The molecule has 1 nitrogen and oxygen atoms in total. The number of thiol groups is 1. The Kier molecular flexibility index (Phi) is 2.16. The third-order valence-corrected chi connectivity index (χ3v) is 2.06. The van der Waals surface area contributed by atoms with Gasteiger partial charge in [0.2, 0.25) is 0 Å². The fourth-order valence-corrected chi connectivity index (χ4v) is 0.997. The van der Waals surface area contributed by atoms with Crippen molar-refractivity contribution in [1.29, 1.82) is 5.26 Å². The van der Waals surface area contributed by atoms with Gasteiger partial charge in [-0.3, -0.25) is 0 Å². The molecule has 0 fully saturated rings. The third-order valence-electron chi connectivity index (χ3n) is 1.49. The highest BCUT2D eigenvalue weighted by atomic mass is 32.1. The van der Waals surface area contributed by atoms with E-state index in [4.69, 9.17) is 5.26 Å². The summed E-state index contributed by atoms with van der Waals surface area (Å²) in [6.45, 7) is 1.60. The largest absolute Gasteiger partial charge is 0.207 e. The summed E-state index contributed by atoms with van der Waals surface area (Å²) >= 11 is 4.00. The minimum Gasteiger partial charge on any atom is -0.207 e. The van der Waals surface area contributed by atoms with Gasteiger partial charge in [0.15, 0.2) is 0 Å². The topological polar surface area (TPSA) is 23.8 Å². The quantitative estimate of drug-likeness (QED) is 0.589. The van der Waals surface area contributed by atoms with E-state index in [-0.39, 0.29) is 5.82 Å². The summed E-state index contributed by atoms with van der Waals surface area (Å²) in [4.78, 5) is 0.424. The second-order valence-corrected chi connectivity index (χ2v) is 2.63. The van der Waals surface area contributed by atoms with Gasteiger partial charge in [0, 0.05) is 4.90 Å². The molecule has 0 spiro atoms. The maximum Gasteiger partial charge on any atom is 0.127 e. The van der Waals surface area contributed by atoms with E-state index < -0.39 is 0 Å². The number of nitriles is 1. The van der Waals surface area contributed by atoms with Gasteiger partial charge in [-0.1, -0.05) is 0 Å². The number of nitrogens with zero attached hydrogens (tertiary/aromatic N) is 1. The molecular weight excluding hydrogens is 161 g/mol. The number of hydrogen-bond acceptors (Lipinski definition) is 2. The van der Waals surface area contributed by atoms with Crippen LogP contribution in [0, 0.1) is 24.1 Å². The van der Waals surface area contributed by atoms with E-state index in [1.807, 2.05) is 6.07 Å². The van der Waals surface area contributed by atoms with E-state index in [2.05, 4.69) is 12.6 Å². The Hall–Kier alpha value is -1.01. The molecule has 0 unspecified atom stereocenters. The fraction of sp³-hybridized carbons (Fsp3) is 0.125. The van der Waals surface area contributed by atoms with Gasteiger partial charge in [0.1, 0.15) is 11.9 Å². The molecule has 0 amide bonds. The predicted octanol–water partition coefficient (Wildman–Crippen LogP) is 2.29. The van der Waals surface area contributed by atoms with Crippen molar-refractivity contribution in [2.75, 3.05) is 0 Å². The zero-order chi connectivity index (χ0) is 8.43. The SMILES string of the molecule is Cc1c(F)ccc(C#N)c1S. The highest BCUT2D eigenvalue weighted by Gasteiger charge is 2.04. The summed E-state index contributed by atoms with van der Waals surface area (Å²) in [7, 11) is 0. The maximum atomic E-state index is 12.7. The van der Waals surface area contributed by atoms with E-state index in [0.29, 0.717) is 16.0 Å². The van der Waals surface area contributed by atoms with Gasteiger partial charge in [-0.2, -0.15) is 5.26 Å². The van der Waals surface area contributed by atoms with Crippen LogP contribution in [0.15, 0.2) is 17.0 Å². The van der Waals surface area contributed by atoms with Gasteiger partial charge in [-0.15, -0.1) is 12.6 Å². The predicted molar refractivity (Wildman–Crippen MR) is 43.1 cm³/mol. The highest BCUT2D eigenvalue weighted by molar-refractivity contribution is 7.80. The van der Waals surface area contributed by atoms with Gasteiger partial charge in [0.05, 0.1) is 5.56 Å². The van der Waals surface area contributed by atoms with Crippen LogP contribution >= 0.6 is 12.6 Å². The second-order valence-electron chi connectivity index (χ2n) is 2.18. The Bertz CT molecular complexity index is 328. The molecule has 1 aromatic rings. The minimum absolute atomic E-state index is 0.325. The zero-order valence-electron chi connectivity index (χ0n) is 5.93. The molecule has 0 aliphatic rings. The zero-order valence-corrected chi connectivity index (χ0v) is 6.82. The molecule has 0 aliphatic heterocycles. The molecule has 0 saturated heterocycles. The Morgan fingerprint density at radius 1 is 1.55 bits per heavy atom. The summed E-state index contributed by atoms with van der Waals surface area (Å²) in [5, 5.41) is 8.51. The van der Waals surface area contributed by atoms with Gasteiger partial charge in [-0.25, -0.2) is 4.39 Å². The van der Waals surface area contributed by atoms with Crippen LogP contribution in [0.4, 0.5) is 4.39 Å². The summed E-state index contributed by atoms with van der Waals surface area (Å²) in [5.41, 5.74) is 0.833. The van der Waals surface area contributed by atoms with Crippen molar-refractivity contribution in [3.05, 3.63) is 29.1 Å². The lowest BCUT2D eigenvalue weighted by Gasteiger charge is -2.00. The van der Waals surface area contributed by atoms with Crippen LogP contribution in [-0.2, 0) is 0 Å². The molecule has 11 heavy (non-hydrogen) atoms. The smallest absolute Gasteiger partial charge is 0.127 e. The number of halogens is 1. The van der Waals surface area contributed by atoms with E-state index in [1.165, 1.54) is 12.1 Å². The Labute approximate surface area is 69.9 Å². The monoisotopic (exact) mass is 167 g/mol. The molecule has 0 atom stereocenters. The molecular formula is C8H6FNS. The summed E-state index contributed by atoms with van der Waals surface area (Å²) in [5.74, 6) is -0.325. The van der Waals surface area contributed by atoms with Gasteiger partial charge >= 0.3 is 0 Å². The first-order chi connectivity index (χ1) is 5.16. The van der Waals surface area contributed by atoms with E-state index in [9.17, 15) is 4.39 Å². The van der Waals surface area contributed by atoms with Crippen LogP contribution in [0.3, 0.4) is 0 Å². The molecule has 56 valence electrons. The minimum atomic E-state index is -0.325. The number of hydrogen-bond donors (Lipinski definition) is 1. The number of benzene rings is 1. The Morgan fingerprint density at radius 2 is 2.18 bits per heavy atom. The first-order valence-corrected chi connectivity index (χ1v) is 3.49. The third kappa shape index (κ3) is 1.36. The maximum absolute atomic E-state index is 12.7. The standard InChI is InChI=1S/C8H6FNS/c1-5-7(9)3-2-6(4-10)8(5)11/h2-3,11H,1H3. The molecule has 0 N–H and O–H groups in total. The van der Waals surface area contributed by atoms with Gasteiger partial charge < -0.3 is 0 Å². The van der Waals surface area contributed by atoms with E-state index >= 15 is 0 Å². The van der Waals surface area contributed by atoms with Crippen LogP contribution < -0.4 is 0 Å². The molecule has 1 aromatic carbocycles. The molecule has 3 heteroatoms. The molecule has 0 saturated carbocycles. The molecule has 0 heterocycles. The molecule has 0 radical (unpaired) electrons. The van der Waals surface area contributed by atoms with Crippen LogP contribution in [0.2, 0.25) is 0 Å². The second kappa shape index (κ2) is 2.93. The lowest BCUT2D eigenvalue weighted by Crippen LogP contribution is -1.87. The molecule has 0 aliphatic carbocycles. The van der Waals surface area contributed by atoms with Crippen molar-refractivity contribution in [3.63, 3.8) is 0 Å². The van der Waals surface area contributed by atoms with Crippen molar-refractivity contribution in [1.82, 2.24) is 0 Å². The first kappa shape index (κ1) is 8.09. The van der Waals surface area contributed by atoms with Gasteiger partial charge in [0.25, 0.3) is 0 Å². The highest BCUT2D eigenvalue weighted by Crippen LogP contribution is 2.20. The number of rotatable bonds is 0. The van der Waals surface area contributed by atoms with Crippen LogP contribution in [-0.4, -0.2) is 0 Å². The average Bonchev–Trinajstić information content (AvgIpc) is 2.01. The lowest BCUT2D eigenvalue weighted by molar-refractivity contribution is 0.613. The summed E-state index contributed by atoms with van der Waals surface area (Å²) in [6.07, 6.45) is 0. The Morgan fingerprint density at radius 3 is 2.73 bits per heavy atom. The van der Waals surface area contributed by atoms with Crippen molar-refractivity contribution < 1.29 is 4.39 Å². The van der Waals surface area contributed by atoms with Crippen LogP contribution in [0.5, 0.6) is 0 Å². The van der Waals surface area contributed by atoms with Crippen molar-refractivity contribution in [2.45, 2.75) is 11.8 Å². The molecule has 1 rings (SSSR count).